The topological polar surface area (TPSA) is 188 Å². The van der Waals surface area contributed by atoms with Gasteiger partial charge in [0.15, 0.2) is 11.3 Å². The Kier molecular flexibility index (Phi) is 8.00. The van der Waals surface area contributed by atoms with Crippen molar-refractivity contribution in [1.29, 1.82) is 21.0 Å². The molecule has 172 valence electrons. The van der Waals surface area contributed by atoms with Gasteiger partial charge in [-0.1, -0.05) is 30.3 Å². The molecule has 2 rings (SSSR count). The minimum absolute atomic E-state index is 0.118. The van der Waals surface area contributed by atoms with Crippen LogP contribution in [-0.4, -0.2) is 35.4 Å². The number of hydrogen-bond acceptors (Lipinski definition) is 10. The molecule has 0 radical (unpaired) electrons. The molecule has 2 N–H and O–H groups in total. The predicted octanol–water partition coefficient (Wildman–Crippen LogP) is 2.85. The fourth-order valence-electron chi connectivity index (χ4n) is 3.84. The third-order valence-electron chi connectivity index (χ3n) is 5.34. The van der Waals surface area contributed by atoms with E-state index in [0.29, 0.717) is 5.56 Å². The Balaban J connectivity index is 3.04. The van der Waals surface area contributed by atoms with E-state index in [1.807, 2.05) is 0 Å². The quantitative estimate of drug-likeness (QED) is 0.572. The molecule has 34 heavy (non-hydrogen) atoms. The number of rotatable bonds is 7. The van der Waals surface area contributed by atoms with Crippen LogP contribution in [0.1, 0.15) is 25.3 Å². The van der Waals surface area contributed by atoms with Gasteiger partial charge in [-0.2, -0.15) is 21.0 Å². The Morgan fingerprint density at radius 3 is 1.71 bits per heavy atom. The van der Waals surface area contributed by atoms with E-state index in [1.54, 1.807) is 18.2 Å². The number of hydrogen-bond donors (Lipinski definition) is 2. The predicted molar refractivity (Wildman–Crippen MR) is 114 cm³/mol. The minimum Gasteiger partial charge on any atom is -0.511 e. The molecule has 0 aromatic heterocycles. The van der Waals surface area contributed by atoms with Crippen LogP contribution in [0.3, 0.4) is 0 Å². The molecule has 0 saturated carbocycles. The number of benzene rings is 1. The highest BCUT2D eigenvalue weighted by Crippen LogP contribution is 2.51. The zero-order chi connectivity index (χ0) is 25.5. The van der Waals surface area contributed by atoms with E-state index in [1.165, 1.54) is 50.3 Å². The Bertz CT molecular complexity index is 1140. The Morgan fingerprint density at radius 1 is 0.912 bits per heavy atom. The van der Waals surface area contributed by atoms with Crippen molar-refractivity contribution in [1.82, 2.24) is 0 Å². The van der Waals surface area contributed by atoms with Gasteiger partial charge in [0.1, 0.15) is 17.4 Å². The van der Waals surface area contributed by atoms with E-state index < -0.39 is 57.8 Å². The Morgan fingerprint density at radius 2 is 1.35 bits per heavy atom. The van der Waals surface area contributed by atoms with Crippen LogP contribution in [0.5, 0.6) is 0 Å². The van der Waals surface area contributed by atoms with E-state index in [0.717, 1.165) is 0 Å². The highest BCUT2D eigenvalue weighted by atomic mass is 16.5. The average Bonchev–Trinajstić information content (AvgIpc) is 2.83. The number of nitrogens with zero attached hydrogens (tertiary/aromatic N) is 4. The van der Waals surface area contributed by atoms with E-state index in [2.05, 4.69) is 0 Å². The van der Waals surface area contributed by atoms with Crippen molar-refractivity contribution in [2.75, 3.05) is 13.2 Å². The van der Waals surface area contributed by atoms with Crippen molar-refractivity contribution in [3.63, 3.8) is 0 Å². The molecule has 10 nitrogen and oxygen atoms in total. The van der Waals surface area contributed by atoms with Crippen LogP contribution in [0.4, 0.5) is 0 Å². The van der Waals surface area contributed by atoms with Gasteiger partial charge in [-0.25, -0.2) is 9.59 Å². The molecular formula is C24H20N4O6. The third kappa shape index (κ3) is 4.13. The summed E-state index contributed by atoms with van der Waals surface area (Å²) < 4.78 is 10.1. The first-order valence-electron chi connectivity index (χ1n) is 10.2. The molecule has 0 bridgehead atoms. The summed E-state index contributed by atoms with van der Waals surface area (Å²) in [5.41, 5.74) is -3.43. The SMILES string of the molecule is CCOC(=O)C1=C(O)C(C(C#N)(C#N)C(C#N)C#N)C(O)=C(C(=O)OCC)C1c1ccccc1. The molecular weight excluding hydrogens is 440 g/mol. The van der Waals surface area contributed by atoms with Crippen molar-refractivity contribution in [3.05, 3.63) is 58.6 Å². The second kappa shape index (κ2) is 10.7. The Hall–Kier alpha value is -4.80. The van der Waals surface area contributed by atoms with Crippen LogP contribution in [0.2, 0.25) is 0 Å². The van der Waals surface area contributed by atoms with Crippen molar-refractivity contribution in [3.8, 4) is 24.3 Å². The number of carbonyl (C=O) groups excluding carboxylic acids is 2. The molecule has 0 atom stereocenters. The lowest BCUT2D eigenvalue weighted by molar-refractivity contribution is -0.140. The molecule has 1 aromatic carbocycles. The van der Waals surface area contributed by atoms with Gasteiger partial charge in [-0.15, -0.1) is 0 Å². The van der Waals surface area contributed by atoms with Gasteiger partial charge in [0.2, 0.25) is 0 Å². The lowest BCUT2D eigenvalue weighted by Gasteiger charge is -2.36. The van der Waals surface area contributed by atoms with Gasteiger partial charge >= 0.3 is 11.9 Å². The van der Waals surface area contributed by atoms with Crippen molar-refractivity contribution in [2.45, 2.75) is 19.8 Å². The second-order valence-electron chi connectivity index (χ2n) is 7.10. The second-order valence-corrected chi connectivity index (χ2v) is 7.10. The zero-order valence-electron chi connectivity index (χ0n) is 18.3. The smallest absolute Gasteiger partial charge is 0.338 e. The van der Waals surface area contributed by atoms with Gasteiger partial charge in [-0.3, -0.25) is 0 Å². The van der Waals surface area contributed by atoms with Crippen molar-refractivity contribution < 1.29 is 29.3 Å². The van der Waals surface area contributed by atoms with Gasteiger partial charge in [0.25, 0.3) is 0 Å². The lowest BCUT2D eigenvalue weighted by Crippen LogP contribution is -2.42. The Labute approximate surface area is 195 Å². The summed E-state index contributed by atoms with van der Waals surface area (Å²) in [4.78, 5) is 26.0. The van der Waals surface area contributed by atoms with E-state index in [-0.39, 0.29) is 13.2 Å². The number of aliphatic hydroxyl groups is 2. The van der Waals surface area contributed by atoms with Crippen LogP contribution < -0.4 is 0 Å². The average molecular weight is 460 g/mol. The molecule has 1 aliphatic carbocycles. The molecule has 10 heteroatoms. The molecule has 0 saturated heterocycles. The first kappa shape index (κ1) is 25.5. The number of ether oxygens (including phenoxy) is 2. The lowest BCUT2D eigenvalue weighted by atomic mass is 9.62. The van der Waals surface area contributed by atoms with Crippen molar-refractivity contribution >= 4 is 11.9 Å². The van der Waals surface area contributed by atoms with Crippen LogP contribution in [0.15, 0.2) is 53.0 Å². The van der Waals surface area contributed by atoms with Gasteiger partial charge in [-0.05, 0) is 19.4 Å². The standard InChI is InChI=1S/C24H20N4O6/c1-3-33-22(31)17-16(14-8-6-5-7-9-14)18(23(32)34-4-2)21(30)19(20(17)29)24(12-27,13-28)15(10-25)11-26/h5-9,15-16,19,29-30H,3-4H2,1-2H3. The molecule has 0 amide bonds. The number of carbonyl (C=O) groups is 2. The third-order valence-corrected chi connectivity index (χ3v) is 5.34. The first-order valence-corrected chi connectivity index (χ1v) is 10.2. The highest BCUT2D eigenvalue weighted by Gasteiger charge is 2.57. The summed E-state index contributed by atoms with van der Waals surface area (Å²) in [6, 6.07) is 14.0. The maximum atomic E-state index is 13.0. The van der Waals surface area contributed by atoms with Crippen LogP contribution in [0, 0.1) is 62.6 Å². The van der Waals surface area contributed by atoms with E-state index in [4.69, 9.17) is 9.47 Å². The molecule has 1 aliphatic rings. The zero-order valence-corrected chi connectivity index (χ0v) is 18.3. The first-order chi connectivity index (χ1) is 16.3. The number of esters is 2. The van der Waals surface area contributed by atoms with E-state index >= 15 is 0 Å². The van der Waals surface area contributed by atoms with Crippen LogP contribution in [0.25, 0.3) is 0 Å². The maximum absolute atomic E-state index is 13.0. The molecule has 0 aliphatic heterocycles. The molecule has 0 spiro atoms. The summed E-state index contributed by atoms with van der Waals surface area (Å²) in [5.74, 6) is -9.50. The van der Waals surface area contributed by atoms with Crippen LogP contribution in [-0.2, 0) is 19.1 Å². The molecule has 0 unspecified atom stereocenters. The van der Waals surface area contributed by atoms with Gasteiger partial charge < -0.3 is 19.7 Å². The summed E-state index contributed by atoms with van der Waals surface area (Å²) in [6.07, 6.45) is 0. The minimum atomic E-state index is -2.67. The van der Waals surface area contributed by atoms with Gasteiger partial charge in [0.05, 0.1) is 54.6 Å². The van der Waals surface area contributed by atoms with E-state index in [9.17, 15) is 40.8 Å². The molecule has 1 aromatic rings. The fraction of sp³-hybridized carbons (Fsp3) is 0.333. The summed E-state index contributed by atoms with van der Waals surface area (Å²) in [7, 11) is 0. The fourth-order valence-corrected chi connectivity index (χ4v) is 3.84. The summed E-state index contributed by atoms with van der Waals surface area (Å²) >= 11 is 0. The largest absolute Gasteiger partial charge is 0.511 e. The van der Waals surface area contributed by atoms with Crippen LogP contribution >= 0.6 is 0 Å². The monoisotopic (exact) mass is 460 g/mol. The normalized spacial score (nSPS) is 17.7. The van der Waals surface area contributed by atoms with Crippen molar-refractivity contribution in [2.24, 2.45) is 17.3 Å². The molecule has 0 fully saturated rings. The summed E-state index contributed by atoms with van der Waals surface area (Å²) in [5, 5.41) is 61.0. The number of aliphatic hydroxyl groups excluding tert-OH is 2. The van der Waals surface area contributed by atoms with Gasteiger partial charge in [0, 0.05) is 0 Å². The summed E-state index contributed by atoms with van der Waals surface area (Å²) in [6.45, 7) is 2.77. The number of nitriles is 4. The molecule has 0 heterocycles. The maximum Gasteiger partial charge on any atom is 0.338 e. The highest BCUT2D eigenvalue weighted by molar-refractivity contribution is 6.00.